The fraction of sp³-hybridized carbons (Fsp3) is 0. The summed E-state index contributed by atoms with van der Waals surface area (Å²) in [5.74, 6) is 0.683. The van der Waals surface area contributed by atoms with Crippen LogP contribution < -0.4 is 4.90 Å². The van der Waals surface area contributed by atoms with Crippen LogP contribution in [0.5, 0.6) is 0 Å². The maximum absolute atomic E-state index is 6.08. The minimum atomic E-state index is 0.683. The van der Waals surface area contributed by atoms with Crippen LogP contribution >= 0.6 is 0 Å². The SMILES string of the molecule is C=C/C=C\C(=C)N(/C(C=C)=C/C=C)c1cccc2c(C=C)c(C=C)oc12. The maximum Gasteiger partial charge on any atom is 0.159 e. The number of para-hydroxylation sites is 1. The van der Waals surface area contributed by atoms with Crippen LogP contribution in [0.3, 0.4) is 0 Å². The number of rotatable bonds is 9. The van der Waals surface area contributed by atoms with Gasteiger partial charge in [-0.25, -0.2) is 0 Å². The van der Waals surface area contributed by atoms with E-state index in [1.54, 1.807) is 30.4 Å². The second kappa shape index (κ2) is 8.54. The first kappa shape index (κ1) is 18.8. The van der Waals surface area contributed by atoms with Crippen LogP contribution in [-0.2, 0) is 0 Å². The minimum absolute atomic E-state index is 0.683. The normalized spacial score (nSPS) is 11.3. The van der Waals surface area contributed by atoms with Gasteiger partial charge in [0, 0.05) is 22.3 Å². The summed E-state index contributed by atoms with van der Waals surface area (Å²) < 4.78 is 6.08. The van der Waals surface area contributed by atoms with Gasteiger partial charge in [0.15, 0.2) is 5.58 Å². The largest absolute Gasteiger partial charge is 0.454 e. The Morgan fingerprint density at radius 1 is 1.00 bits per heavy atom. The van der Waals surface area contributed by atoms with Crippen molar-refractivity contribution in [2.75, 3.05) is 4.90 Å². The summed E-state index contributed by atoms with van der Waals surface area (Å²) in [6.07, 6.45) is 14.2. The summed E-state index contributed by atoms with van der Waals surface area (Å²) in [5, 5.41) is 0.958. The Labute approximate surface area is 155 Å². The first-order chi connectivity index (χ1) is 12.6. The van der Waals surface area contributed by atoms with Gasteiger partial charge in [-0.3, -0.25) is 0 Å². The highest BCUT2D eigenvalue weighted by atomic mass is 16.3. The van der Waals surface area contributed by atoms with Crippen molar-refractivity contribution in [1.29, 1.82) is 0 Å². The van der Waals surface area contributed by atoms with Gasteiger partial charge in [-0.15, -0.1) is 0 Å². The van der Waals surface area contributed by atoms with Crippen LogP contribution in [0.15, 0.2) is 110 Å². The van der Waals surface area contributed by atoms with Gasteiger partial charge in [0.25, 0.3) is 0 Å². The molecule has 0 aliphatic rings. The molecule has 0 bridgehead atoms. The number of anilines is 1. The maximum atomic E-state index is 6.08. The monoisotopic (exact) mass is 341 g/mol. The average Bonchev–Trinajstić information content (AvgIpc) is 3.04. The molecular weight excluding hydrogens is 318 g/mol. The van der Waals surface area contributed by atoms with Crippen molar-refractivity contribution in [3.05, 3.63) is 117 Å². The van der Waals surface area contributed by atoms with Gasteiger partial charge in [-0.1, -0.05) is 75.9 Å². The van der Waals surface area contributed by atoms with Crippen molar-refractivity contribution in [2.45, 2.75) is 0 Å². The van der Waals surface area contributed by atoms with Gasteiger partial charge in [-0.2, -0.15) is 0 Å². The third-order valence-corrected chi connectivity index (χ3v) is 3.86. The van der Waals surface area contributed by atoms with Gasteiger partial charge in [0.2, 0.25) is 0 Å². The molecule has 0 aliphatic carbocycles. The molecule has 26 heavy (non-hydrogen) atoms. The summed E-state index contributed by atoms with van der Waals surface area (Å²) in [6.45, 7) is 23.3. The first-order valence-corrected chi connectivity index (χ1v) is 8.16. The molecule has 0 fully saturated rings. The molecule has 2 aromatic rings. The zero-order chi connectivity index (χ0) is 19.1. The highest BCUT2D eigenvalue weighted by Gasteiger charge is 2.19. The molecule has 1 aromatic heterocycles. The third kappa shape index (κ3) is 3.45. The first-order valence-electron chi connectivity index (χ1n) is 8.16. The Morgan fingerprint density at radius 2 is 1.77 bits per heavy atom. The van der Waals surface area contributed by atoms with E-state index in [-0.39, 0.29) is 0 Å². The Bertz CT molecular complexity index is 950. The molecule has 0 amide bonds. The molecule has 1 heterocycles. The van der Waals surface area contributed by atoms with E-state index in [0.29, 0.717) is 5.76 Å². The van der Waals surface area contributed by atoms with E-state index >= 15 is 0 Å². The molecule has 0 saturated heterocycles. The zero-order valence-electron chi connectivity index (χ0n) is 14.9. The van der Waals surface area contributed by atoms with Gasteiger partial charge >= 0.3 is 0 Å². The lowest BCUT2D eigenvalue weighted by Crippen LogP contribution is -2.19. The molecule has 0 radical (unpaired) electrons. The summed E-state index contributed by atoms with van der Waals surface area (Å²) in [5.41, 5.74) is 4.04. The molecule has 1 aromatic carbocycles. The predicted octanol–water partition coefficient (Wildman–Crippen LogP) is 7.04. The smallest absolute Gasteiger partial charge is 0.159 e. The predicted molar refractivity (Wildman–Crippen MR) is 116 cm³/mol. The van der Waals surface area contributed by atoms with E-state index in [4.69, 9.17) is 4.42 Å². The fourth-order valence-corrected chi connectivity index (χ4v) is 2.75. The molecule has 2 heteroatoms. The summed E-state index contributed by atoms with van der Waals surface area (Å²) in [4.78, 5) is 1.96. The fourth-order valence-electron chi connectivity index (χ4n) is 2.75. The standard InChI is InChI=1S/C24H23NO/c1-7-12-15-18(6)25(19(9-3)14-8-2)22-17-13-16-21-20(10-4)23(11-5)26-24(21)22/h7-17H,1-6H2/b15-12-,19-14+. The highest BCUT2D eigenvalue weighted by molar-refractivity contribution is 5.99. The van der Waals surface area contributed by atoms with Crippen molar-refractivity contribution < 1.29 is 4.42 Å². The van der Waals surface area contributed by atoms with Crippen molar-refractivity contribution in [3.63, 3.8) is 0 Å². The number of furan rings is 1. The van der Waals surface area contributed by atoms with Crippen LogP contribution in [0, 0.1) is 0 Å². The van der Waals surface area contributed by atoms with Crippen LogP contribution in [0.1, 0.15) is 11.3 Å². The Kier molecular flexibility index (Phi) is 6.18. The van der Waals surface area contributed by atoms with Crippen molar-refractivity contribution >= 4 is 28.8 Å². The van der Waals surface area contributed by atoms with Crippen molar-refractivity contribution in [2.24, 2.45) is 0 Å². The number of hydrogen-bond acceptors (Lipinski definition) is 2. The van der Waals surface area contributed by atoms with Crippen LogP contribution in [0.25, 0.3) is 23.1 Å². The molecule has 0 aliphatic heterocycles. The lowest BCUT2D eigenvalue weighted by Gasteiger charge is -2.26. The van der Waals surface area contributed by atoms with Gasteiger partial charge < -0.3 is 9.32 Å². The lowest BCUT2D eigenvalue weighted by molar-refractivity contribution is 0.603. The number of fused-ring (bicyclic) bond motifs is 1. The quantitative estimate of drug-likeness (QED) is 0.455. The molecular formula is C24H23NO. The highest BCUT2D eigenvalue weighted by Crippen LogP contribution is 2.37. The Morgan fingerprint density at radius 3 is 2.35 bits per heavy atom. The zero-order valence-corrected chi connectivity index (χ0v) is 14.9. The van der Waals surface area contributed by atoms with Gasteiger partial charge in [0.05, 0.1) is 5.69 Å². The number of benzene rings is 1. The minimum Gasteiger partial charge on any atom is -0.454 e. The molecule has 130 valence electrons. The Balaban J connectivity index is 2.81. The Hall–Kier alpha value is -3.52. The van der Waals surface area contributed by atoms with Gasteiger partial charge in [0.1, 0.15) is 5.76 Å². The number of allylic oxidation sites excluding steroid dienone is 6. The van der Waals surface area contributed by atoms with Crippen LogP contribution in [-0.4, -0.2) is 0 Å². The molecule has 0 saturated carbocycles. The second-order valence-corrected chi connectivity index (χ2v) is 5.39. The molecule has 0 spiro atoms. The number of nitrogens with zero attached hydrogens (tertiary/aromatic N) is 1. The van der Waals surface area contributed by atoms with Crippen LogP contribution in [0.2, 0.25) is 0 Å². The van der Waals surface area contributed by atoms with Crippen molar-refractivity contribution in [1.82, 2.24) is 0 Å². The van der Waals surface area contributed by atoms with E-state index in [0.717, 1.165) is 33.6 Å². The van der Waals surface area contributed by atoms with E-state index in [1.807, 2.05) is 41.3 Å². The lowest BCUT2D eigenvalue weighted by atomic mass is 10.1. The van der Waals surface area contributed by atoms with E-state index in [9.17, 15) is 0 Å². The molecule has 2 rings (SSSR count). The second-order valence-electron chi connectivity index (χ2n) is 5.39. The summed E-state index contributed by atoms with van der Waals surface area (Å²) in [6, 6.07) is 5.94. The topological polar surface area (TPSA) is 16.4 Å². The van der Waals surface area contributed by atoms with Crippen molar-refractivity contribution in [3.8, 4) is 0 Å². The average molecular weight is 341 g/mol. The molecule has 0 unspecified atom stereocenters. The van der Waals surface area contributed by atoms with E-state index in [1.165, 1.54) is 0 Å². The molecule has 2 nitrogen and oxygen atoms in total. The van der Waals surface area contributed by atoms with Gasteiger partial charge in [-0.05, 0) is 30.4 Å². The van der Waals surface area contributed by atoms with Crippen LogP contribution in [0.4, 0.5) is 5.69 Å². The van der Waals surface area contributed by atoms with E-state index in [2.05, 4.69) is 39.5 Å². The van der Waals surface area contributed by atoms with E-state index < -0.39 is 0 Å². The third-order valence-electron chi connectivity index (χ3n) is 3.86. The number of hydrogen-bond donors (Lipinski definition) is 0. The summed E-state index contributed by atoms with van der Waals surface area (Å²) in [7, 11) is 0. The molecule has 0 N–H and O–H groups in total. The molecule has 0 atom stereocenters. The summed E-state index contributed by atoms with van der Waals surface area (Å²) >= 11 is 0.